The molecule has 1 saturated carbocycles. The van der Waals surface area contributed by atoms with E-state index >= 15 is 0 Å². The third-order valence-electron chi connectivity index (χ3n) is 4.21. The van der Waals surface area contributed by atoms with Crippen molar-refractivity contribution in [3.8, 4) is 11.5 Å². The molecular formula is C17H25ClF2N2O3. The Kier molecular flexibility index (Phi) is 8.92. The Morgan fingerprint density at radius 2 is 2.16 bits per heavy atom. The van der Waals surface area contributed by atoms with E-state index in [0.717, 1.165) is 19.3 Å². The van der Waals surface area contributed by atoms with Crippen molar-refractivity contribution in [2.45, 2.75) is 51.8 Å². The lowest BCUT2D eigenvalue weighted by molar-refractivity contribution is -0.122. The topological polar surface area (TPSA) is 73.6 Å². The van der Waals surface area contributed by atoms with Gasteiger partial charge in [0.1, 0.15) is 0 Å². The second-order valence-electron chi connectivity index (χ2n) is 5.89. The zero-order valence-electron chi connectivity index (χ0n) is 14.2. The summed E-state index contributed by atoms with van der Waals surface area (Å²) in [7, 11) is 0. The van der Waals surface area contributed by atoms with Crippen LogP contribution in [0, 0.1) is 5.92 Å². The van der Waals surface area contributed by atoms with Crippen LogP contribution in [0.3, 0.4) is 0 Å². The normalized spacial score (nSPS) is 19.4. The SMILES string of the molecule is CCOc1cccc(CNC(=O)C[C@@H]2CCC[C@H]2N)c1OC(F)F.Cl. The molecule has 1 aliphatic rings. The van der Waals surface area contributed by atoms with Gasteiger partial charge in [-0.25, -0.2) is 0 Å². The van der Waals surface area contributed by atoms with Crippen LogP contribution in [0.25, 0.3) is 0 Å². The van der Waals surface area contributed by atoms with E-state index in [2.05, 4.69) is 10.1 Å². The molecule has 0 heterocycles. The summed E-state index contributed by atoms with van der Waals surface area (Å²) >= 11 is 0. The first-order chi connectivity index (χ1) is 11.5. The van der Waals surface area contributed by atoms with Crippen LogP contribution in [-0.2, 0) is 11.3 Å². The summed E-state index contributed by atoms with van der Waals surface area (Å²) in [6.07, 6.45) is 3.30. The highest BCUT2D eigenvalue weighted by molar-refractivity contribution is 5.85. The van der Waals surface area contributed by atoms with E-state index in [1.165, 1.54) is 0 Å². The van der Waals surface area contributed by atoms with Crippen molar-refractivity contribution >= 4 is 18.3 Å². The molecule has 2 rings (SSSR count). The Morgan fingerprint density at radius 3 is 2.76 bits per heavy atom. The van der Waals surface area contributed by atoms with Gasteiger partial charge in [0.2, 0.25) is 5.91 Å². The fraction of sp³-hybridized carbons (Fsp3) is 0.588. The molecule has 1 aromatic carbocycles. The lowest BCUT2D eigenvalue weighted by atomic mass is 10.00. The van der Waals surface area contributed by atoms with Crippen molar-refractivity contribution in [3.05, 3.63) is 23.8 Å². The molecule has 0 bridgehead atoms. The van der Waals surface area contributed by atoms with Crippen molar-refractivity contribution in [3.63, 3.8) is 0 Å². The second kappa shape index (κ2) is 10.4. The van der Waals surface area contributed by atoms with Crippen molar-refractivity contribution < 1.29 is 23.0 Å². The van der Waals surface area contributed by atoms with E-state index in [0.29, 0.717) is 18.6 Å². The van der Waals surface area contributed by atoms with Gasteiger partial charge in [0.25, 0.3) is 0 Å². The molecule has 0 saturated heterocycles. The molecular weight excluding hydrogens is 354 g/mol. The zero-order chi connectivity index (χ0) is 17.5. The Balaban J connectivity index is 0.00000312. The lowest BCUT2D eigenvalue weighted by Gasteiger charge is -2.17. The first kappa shape index (κ1) is 21.4. The largest absolute Gasteiger partial charge is 0.490 e. The van der Waals surface area contributed by atoms with Crippen molar-refractivity contribution in [1.29, 1.82) is 0 Å². The molecule has 0 radical (unpaired) electrons. The molecule has 142 valence electrons. The highest BCUT2D eigenvalue weighted by atomic mass is 35.5. The minimum atomic E-state index is -2.96. The monoisotopic (exact) mass is 378 g/mol. The fourth-order valence-corrected chi connectivity index (χ4v) is 3.02. The van der Waals surface area contributed by atoms with Crippen LogP contribution in [0.1, 0.15) is 38.2 Å². The third-order valence-corrected chi connectivity index (χ3v) is 4.21. The number of carbonyl (C=O) groups excluding carboxylic acids is 1. The highest BCUT2D eigenvalue weighted by Gasteiger charge is 2.26. The van der Waals surface area contributed by atoms with E-state index in [-0.39, 0.29) is 48.3 Å². The second-order valence-corrected chi connectivity index (χ2v) is 5.89. The Bertz CT molecular complexity index is 561. The van der Waals surface area contributed by atoms with Gasteiger partial charge in [0.15, 0.2) is 11.5 Å². The number of halogens is 3. The number of hydrogen-bond donors (Lipinski definition) is 2. The van der Waals surface area contributed by atoms with Crippen LogP contribution in [0.5, 0.6) is 11.5 Å². The van der Waals surface area contributed by atoms with Gasteiger partial charge in [0.05, 0.1) is 6.61 Å². The fourth-order valence-electron chi connectivity index (χ4n) is 3.02. The molecule has 3 N–H and O–H groups in total. The third kappa shape index (κ3) is 6.32. The number of nitrogens with one attached hydrogen (secondary N) is 1. The number of nitrogens with two attached hydrogens (primary N) is 1. The summed E-state index contributed by atoms with van der Waals surface area (Å²) < 4.78 is 35.2. The van der Waals surface area contributed by atoms with Crippen LogP contribution >= 0.6 is 12.4 Å². The molecule has 1 fully saturated rings. The van der Waals surface area contributed by atoms with Crippen LogP contribution < -0.4 is 20.5 Å². The summed E-state index contributed by atoms with van der Waals surface area (Å²) in [4.78, 5) is 12.1. The first-order valence-electron chi connectivity index (χ1n) is 8.23. The molecule has 5 nitrogen and oxygen atoms in total. The molecule has 0 unspecified atom stereocenters. The van der Waals surface area contributed by atoms with E-state index in [9.17, 15) is 13.6 Å². The van der Waals surface area contributed by atoms with Crippen molar-refractivity contribution in [1.82, 2.24) is 5.32 Å². The minimum Gasteiger partial charge on any atom is -0.490 e. The summed E-state index contributed by atoms with van der Waals surface area (Å²) in [6.45, 7) is -0.776. The number of rotatable bonds is 8. The molecule has 2 atom stereocenters. The number of carbonyl (C=O) groups is 1. The maximum Gasteiger partial charge on any atom is 0.387 e. The van der Waals surface area contributed by atoms with Crippen LogP contribution in [0.4, 0.5) is 8.78 Å². The van der Waals surface area contributed by atoms with E-state index < -0.39 is 6.61 Å². The van der Waals surface area contributed by atoms with Gasteiger partial charge < -0.3 is 20.5 Å². The van der Waals surface area contributed by atoms with Gasteiger partial charge >= 0.3 is 6.61 Å². The van der Waals surface area contributed by atoms with Gasteiger partial charge in [-0.15, -0.1) is 12.4 Å². The van der Waals surface area contributed by atoms with Gasteiger partial charge in [-0.1, -0.05) is 18.6 Å². The molecule has 0 aromatic heterocycles. The standard InChI is InChI=1S/C17H24F2N2O3.ClH/c1-2-23-14-8-4-6-12(16(14)24-17(18)19)10-21-15(22)9-11-5-3-7-13(11)20;/h4,6,8,11,13,17H,2-3,5,7,9-10,20H2,1H3,(H,21,22);1H/t11-,13+;/m0./s1. The predicted octanol–water partition coefficient (Wildman–Crippen LogP) is 3.24. The maximum absolute atomic E-state index is 12.7. The minimum absolute atomic E-state index is 0. The van der Waals surface area contributed by atoms with Crippen LogP contribution in [0.2, 0.25) is 0 Å². The summed E-state index contributed by atoms with van der Waals surface area (Å²) in [5.41, 5.74) is 6.42. The van der Waals surface area contributed by atoms with Gasteiger partial charge in [0, 0.05) is 24.6 Å². The zero-order valence-corrected chi connectivity index (χ0v) is 15.0. The Labute approximate surface area is 152 Å². The number of hydrogen-bond acceptors (Lipinski definition) is 4. The molecule has 1 amide bonds. The number of ether oxygens (including phenoxy) is 2. The van der Waals surface area contributed by atoms with Gasteiger partial charge in [-0.2, -0.15) is 8.78 Å². The van der Waals surface area contributed by atoms with E-state index in [1.807, 2.05) is 0 Å². The molecule has 1 aliphatic carbocycles. The highest BCUT2D eigenvalue weighted by Crippen LogP contribution is 2.33. The average molecular weight is 379 g/mol. The van der Waals surface area contributed by atoms with Crippen molar-refractivity contribution in [2.24, 2.45) is 11.7 Å². The molecule has 25 heavy (non-hydrogen) atoms. The lowest BCUT2D eigenvalue weighted by Crippen LogP contribution is -2.31. The summed E-state index contributed by atoms with van der Waals surface area (Å²) in [5.74, 6) is 0.258. The Morgan fingerprint density at radius 1 is 1.40 bits per heavy atom. The van der Waals surface area contributed by atoms with Crippen LogP contribution in [0.15, 0.2) is 18.2 Å². The quantitative estimate of drug-likeness (QED) is 0.728. The van der Waals surface area contributed by atoms with E-state index in [4.69, 9.17) is 10.5 Å². The maximum atomic E-state index is 12.7. The predicted molar refractivity (Wildman–Crippen MR) is 93.3 cm³/mol. The molecule has 0 spiro atoms. The summed E-state index contributed by atoms with van der Waals surface area (Å²) in [6, 6.07) is 4.93. The van der Waals surface area contributed by atoms with Gasteiger partial charge in [-0.05, 0) is 31.7 Å². The molecule has 8 heteroatoms. The number of benzene rings is 1. The first-order valence-corrected chi connectivity index (χ1v) is 8.23. The number of para-hydroxylation sites is 1. The van der Waals surface area contributed by atoms with Crippen molar-refractivity contribution in [2.75, 3.05) is 6.61 Å². The number of alkyl halides is 2. The average Bonchev–Trinajstić information content (AvgIpc) is 2.92. The van der Waals surface area contributed by atoms with Gasteiger partial charge in [-0.3, -0.25) is 4.79 Å². The smallest absolute Gasteiger partial charge is 0.387 e. The number of amides is 1. The van der Waals surface area contributed by atoms with Crippen LogP contribution in [-0.4, -0.2) is 25.2 Å². The Hall–Kier alpha value is -1.60. The summed E-state index contributed by atoms with van der Waals surface area (Å²) in [5, 5.41) is 2.75. The van der Waals surface area contributed by atoms with E-state index in [1.54, 1.807) is 25.1 Å². The molecule has 1 aromatic rings. The molecule has 0 aliphatic heterocycles.